The van der Waals surface area contributed by atoms with E-state index in [2.05, 4.69) is 15.9 Å². The fraction of sp³-hybridized carbons (Fsp3) is 0.417. The Morgan fingerprint density at radius 2 is 1.69 bits per heavy atom. The van der Waals surface area contributed by atoms with Crippen LogP contribution in [0.15, 0.2) is 16.6 Å². The van der Waals surface area contributed by atoms with Gasteiger partial charge in [0.1, 0.15) is 0 Å². The summed E-state index contributed by atoms with van der Waals surface area (Å²) >= 11 is 3.20. The molecule has 0 fully saturated rings. The number of anilines is 1. The van der Waals surface area contributed by atoms with E-state index in [0.717, 1.165) is 10.0 Å². The molecule has 0 saturated heterocycles. The lowest BCUT2D eigenvalue weighted by Gasteiger charge is -2.04. The van der Waals surface area contributed by atoms with Crippen LogP contribution in [0.4, 0.5) is 5.69 Å². The fourth-order valence-electron chi connectivity index (χ4n) is 0.931. The minimum Gasteiger partial charge on any atom is -0.478 e. The highest BCUT2D eigenvalue weighted by Gasteiger charge is 2.10. The third-order valence-corrected chi connectivity index (χ3v) is 2.04. The zero-order valence-corrected chi connectivity index (χ0v) is 12.1. The van der Waals surface area contributed by atoms with Crippen molar-refractivity contribution >= 4 is 27.6 Å². The van der Waals surface area contributed by atoms with Crippen molar-refractivity contribution in [1.29, 1.82) is 0 Å². The number of nitrogens with two attached hydrogens (primary N) is 1. The topological polar surface area (TPSA) is 63.3 Å². The Bertz CT molecular complexity index is 338. The summed E-state index contributed by atoms with van der Waals surface area (Å²) in [5.74, 6) is -1.00. The van der Waals surface area contributed by atoms with Gasteiger partial charge in [0, 0.05) is 10.2 Å². The molecule has 0 amide bonds. The van der Waals surface area contributed by atoms with Gasteiger partial charge in [-0.25, -0.2) is 4.79 Å². The van der Waals surface area contributed by atoms with E-state index in [1.165, 1.54) is 6.07 Å². The summed E-state index contributed by atoms with van der Waals surface area (Å²) in [6.45, 7) is 9.77. The zero-order valence-electron chi connectivity index (χ0n) is 10.5. The number of hydrogen-bond acceptors (Lipinski definition) is 2. The van der Waals surface area contributed by atoms with Crippen LogP contribution in [-0.4, -0.2) is 11.1 Å². The normalized spacial score (nSPS) is 8.12. The van der Waals surface area contributed by atoms with Crippen LogP contribution in [-0.2, 0) is 0 Å². The quantitative estimate of drug-likeness (QED) is 0.766. The molecule has 16 heavy (non-hydrogen) atoms. The van der Waals surface area contributed by atoms with Crippen LogP contribution in [0.3, 0.4) is 0 Å². The summed E-state index contributed by atoms with van der Waals surface area (Å²) < 4.78 is 0.728. The van der Waals surface area contributed by atoms with Gasteiger partial charge in [-0.3, -0.25) is 0 Å². The number of carboxylic acids is 1. The van der Waals surface area contributed by atoms with Crippen LogP contribution in [0, 0.1) is 6.92 Å². The third kappa shape index (κ3) is 5.16. The molecular formula is C12H20BrNO2. The van der Waals surface area contributed by atoms with Crippen LogP contribution in [0.25, 0.3) is 0 Å². The number of nitrogen functional groups attached to an aromatic ring is 1. The predicted octanol–water partition coefficient (Wildman–Crippen LogP) is 4.09. The maximum atomic E-state index is 10.6. The Kier molecular flexibility index (Phi) is 10.0. The second-order valence-corrected chi connectivity index (χ2v) is 3.40. The van der Waals surface area contributed by atoms with Gasteiger partial charge in [0.05, 0.1) is 5.56 Å². The molecular weight excluding hydrogens is 270 g/mol. The highest BCUT2D eigenvalue weighted by atomic mass is 79.9. The van der Waals surface area contributed by atoms with Crippen LogP contribution in [0.1, 0.15) is 43.6 Å². The van der Waals surface area contributed by atoms with Gasteiger partial charge in [-0.15, -0.1) is 0 Å². The number of rotatable bonds is 1. The van der Waals surface area contributed by atoms with E-state index in [1.807, 2.05) is 27.7 Å². The molecule has 0 bridgehead atoms. The van der Waals surface area contributed by atoms with Crippen molar-refractivity contribution in [2.45, 2.75) is 34.6 Å². The molecule has 0 unspecified atom stereocenters. The SMILES string of the molecule is CC.CC.Cc1cc(Br)cc(C(=O)O)c1N. The molecule has 0 aromatic heterocycles. The number of hydrogen-bond donors (Lipinski definition) is 2. The second-order valence-electron chi connectivity index (χ2n) is 2.49. The molecule has 4 heteroatoms. The molecule has 0 atom stereocenters. The smallest absolute Gasteiger partial charge is 0.337 e. The molecule has 1 aromatic carbocycles. The molecule has 0 spiro atoms. The Balaban J connectivity index is 0. The van der Waals surface area contributed by atoms with Gasteiger partial charge in [-0.05, 0) is 24.6 Å². The first-order chi connectivity index (χ1) is 7.52. The molecule has 0 aliphatic rings. The number of aryl methyl sites for hydroxylation is 1. The van der Waals surface area contributed by atoms with Crippen molar-refractivity contribution in [3.8, 4) is 0 Å². The van der Waals surface area contributed by atoms with Crippen molar-refractivity contribution in [2.75, 3.05) is 5.73 Å². The number of benzene rings is 1. The minimum atomic E-state index is -1.00. The maximum absolute atomic E-state index is 10.6. The molecule has 92 valence electrons. The summed E-state index contributed by atoms with van der Waals surface area (Å²) in [6.07, 6.45) is 0. The van der Waals surface area contributed by atoms with Gasteiger partial charge in [0.15, 0.2) is 0 Å². The van der Waals surface area contributed by atoms with Crippen LogP contribution in [0.2, 0.25) is 0 Å². The van der Waals surface area contributed by atoms with Crippen LogP contribution in [0.5, 0.6) is 0 Å². The standard InChI is InChI=1S/C8H8BrNO2.2C2H6/c1-4-2-5(9)3-6(7(4)10)8(11)12;2*1-2/h2-3H,10H2,1H3,(H,11,12);2*1-2H3. The molecule has 0 heterocycles. The third-order valence-electron chi connectivity index (χ3n) is 1.58. The van der Waals surface area contributed by atoms with Gasteiger partial charge < -0.3 is 10.8 Å². The van der Waals surface area contributed by atoms with Crippen molar-refractivity contribution in [3.05, 3.63) is 27.7 Å². The first-order valence-corrected chi connectivity index (χ1v) is 6.10. The van der Waals surface area contributed by atoms with Crippen LogP contribution < -0.4 is 5.73 Å². The van der Waals surface area contributed by atoms with Gasteiger partial charge in [-0.2, -0.15) is 0 Å². The molecule has 0 aliphatic heterocycles. The van der Waals surface area contributed by atoms with Crippen molar-refractivity contribution in [2.24, 2.45) is 0 Å². The predicted molar refractivity (Wildman–Crippen MR) is 72.9 cm³/mol. The van der Waals surface area contributed by atoms with E-state index in [9.17, 15) is 4.79 Å². The van der Waals surface area contributed by atoms with Crippen molar-refractivity contribution in [3.63, 3.8) is 0 Å². The Hall–Kier alpha value is -1.03. The average molecular weight is 290 g/mol. The van der Waals surface area contributed by atoms with E-state index in [-0.39, 0.29) is 5.56 Å². The largest absolute Gasteiger partial charge is 0.478 e. The Labute approximate surface area is 106 Å². The number of carboxylic acid groups (broad SMARTS) is 1. The van der Waals surface area contributed by atoms with Gasteiger partial charge >= 0.3 is 5.97 Å². The maximum Gasteiger partial charge on any atom is 0.337 e. The van der Waals surface area contributed by atoms with Crippen molar-refractivity contribution in [1.82, 2.24) is 0 Å². The summed E-state index contributed by atoms with van der Waals surface area (Å²) in [6, 6.07) is 3.27. The van der Waals surface area contributed by atoms with Crippen LogP contribution >= 0.6 is 15.9 Å². The van der Waals surface area contributed by atoms with Gasteiger partial charge in [0.25, 0.3) is 0 Å². The lowest BCUT2D eigenvalue weighted by Crippen LogP contribution is -2.03. The Morgan fingerprint density at radius 3 is 2.06 bits per heavy atom. The number of carbonyl (C=O) groups is 1. The monoisotopic (exact) mass is 289 g/mol. The minimum absolute atomic E-state index is 0.141. The van der Waals surface area contributed by atoms with Gasteiger partial charge in [0.2, 0.25) is 0 Å². The lowest BCUT2D eigenvalue weighted by atomic mass is 10.1. The van der Waals surface area contributed by atoms with E-state index >= 15 is 0 Å². The lowest BCUT2D eigenvalue weighted by molar-refractivity contribution is 0.0698. The average Bonchev–Trinajstić information content (AvgIpc) is 2.28. The van der Waals surface area contributed by atoms with Gasteiger partial charge in [-0.1, -0.05) is 43.6 Å². The molecule has 3 N–H and O–H groups in total. The fourth-order valence-corrected chi connectivity index (χ4v) is 1.50. The summed E-state index contributed by atoms with van der Waals surface area (Å²) in [7, 11) is 0. The second kappa shape index (κ2) is 9.21. The summed E-state index contributed by atoms with van der Waals surface area (Å²) in [5, 5.41) is 8.71. The molecule has 0 radical (unpaired) electrons. The highest BCUT2D eigenvalue weighted by Crippen LogP contribution is 2.22. The number of aromatic carboxylic acids is 1. The zero-order chi connectivity index (χ0) is 13.3. The highest BCUT2D eigenvalue weighted by molar-refractivity contribution is 9.10. The first-order valence-electron chi connectivity index (χ1n) is 5.31. The molecule has 1 aromatic rings. The molecule has 0 saturated carbocycles. The first kappa shape index (κ1) is 17.4. The number of halogens is 1. The van der Waals surface area contributed by atoms with E-state index in [0.29, 0.717) is 5.69 Å². The molecule has 1 rings (SSSR count). The summed E-state index contributed by atoms with van der Waals surface area (Å²) in [5.41, 5.74) is 6.78. The molecule has 0 aliphatic carbocycles. The van der Waals surface area contributed by atoms with E-state index in [1.54, 1.807) is 13.0 Å². The van der Waals surface area contributed by atoms with E-state index < -0.39 is 5.97 Å². The molecule has 3 nitrogen and oxygen atoms in total. The van der Waals surface area contributed by atoms with E-state index in [4.69, 9.17) is 10.8 Å². The van der Waals surface area contributed by atoms with Crippen molar-refractivity contribution < 1.29 is 9.90 Å². The summed E-state index contributed by atoms with van der Waals surface area (Å²) in [4.78, 5) is 10.6. The Morgan fingerprint density at radius 1 is 1.25 bits per heavy atom.